The highest BCUT2D eigenvalue weighted by atomic mass is 32.1. The molecule has 2 heterocycles. The van der Waals surface area contributed by atoms with Gasteiger partial charge in [-0.3, -0.25) is 4.98 Å². The largest absolute Gasteiger partial charge is 0.264 e. The fourth-order valence-corrected chi connectivity index (χ4v) is 2.15. The zero-order valence-corrected chi connectivity index (χ0v) is 7.58. The van der Waals surface area contributed by atoms with Crippen molar-refractivity contribution in [2.45, 2.75) is 0 Å². The molecule has 1 aromatic carbocycles. The Bertz CT molecular complexity index is 521. The van der Waals surface area contributed by atoms with Crippen LogP contribution in [0.4, 0.5) is 0 Å². The number of benzene rings is 1. The summed E-state index contributed by atoms with van der Waals surface area (Å²) in [6.45, 7) is 0. The van der Waals surface area contributed by atoms with Crippen molar-refractivity contribution in [2.24, 2.45) is 0 Å². The Hall–Kier alpha value is -1.48. The Kier molecular flexibility index (Phi) is 1.34. The molecule has 0 fully saturated rings. The first-order valence-electron chi connectivity index (χ1n) is 4.00. The quantitative estimate of drug-likeness (QED) is 0.539. The van der Waals surface area contributed by atoms with E-state index in [9.17, 15) is 0 Å². The van der Waals surface area contributed by atoms with E-state index in [1.807, 2.05) is 24.0 Å². The Labute approximate surface area is 78.9 Å². The molecule has 0 N–H and O–H groups in total. The maximum Gasteiger partial charge on any atom is 0.0818 e. The molecule has 0 saturated heterocycles. The normalized spacial score (nSPS) is 11.1. The van der Waals surface area contributed by atoms with Crippen molar-refractivity contribution >= 4 is 32.3 Å². The van der Waals surface area contributed by atoms with Gasteiger partial charge in [0.05, 0.1) is 15.7 Å². The third kappa shape index (κ3) is 1.01. The summed E-state index contributed by atoms with van der Waals surface area (Å²) in [6.07, 6.45) is 3.68. The molecule has 3 heteroatoms. The van der Waals surface area contributed by atoms with Crippen molar-refractivity contribution in [2.75, 3.05) is 0 Å². The molecular formula is C10H6N2S. The summed E-state index contributed by atoms with van der Waals surface area (Å²) >= 11 is 1.67. The number of fused-ring (bicyclic) bond motifs is 2. The van der Waals surface area contributed by atoms with Crippen LogP contribution in [-0.2, 0) is 0 Å². The average molecular weight is 186 g/mol. The highest BCUT2D eigenvalue weighted by molar-refractivity contribution is 7.16. The van der Waals surface area contributed by atoms with Gasteiger partial charge in [-0.05, 0) is 23.6 Å². The lowest BCUT2D eigenvalue weighted by atomic mass is 10.2. The van der Waals surface area contributed by atoms with E-state index in [2.05, 4.69) is 22.1 Å². The molecule has 2 aromatic heterocycles. The minimum Gasteiger partial charge on any atom is -0.264 e. The first-order valence-corrected chi connectivity index (χ1v) is 4.88. The lowest BCUT2D eigenvalue weighted by Gasteiger charge is -1.95. The molecule has 0 saturated carbocycles. The maximum atomic E-state index is 4.26. The first-order chi connectivity index (χ1) is 6.43. The molecule has 0 aliphatic heterocycles. The van der Waals surface area contributed by atoms with Gasteiger partial charge in [-0.15, -0.1) is 11.3 Å². The second-order valence-electron chi connectivity index (χ2n) is 2.90. The molecule has 62 valence electrons. The van der Waals surface area contributed by atoms with Gasteiger partial charge in [0, 0.05) is 17.8 Å². The van der Waals surface area contributed by atoms with E-state index in [-0.39, 0.29) is 0 Å². The van der Waals surface area contributed by atoms with E-state index in [0.29, 0.717) is 0 Å². The Morgan fingerprint density at radius 2 is 2.15 bits per heavy atom. The number of aromatic nitrogens is 2. The van der Waals surface area contributed by atoms with Crippen LogP contribution in [0.1, 0.15) is 0 Å². The van der Waals surface area contributed by atoms with Crippen LogP contribution in [0.3, 0.4) is 0 Å². The monoisotopic (exact) mass is 186 g/mol. The summed E-state index contributed by atoms with van der Waals surface area (Å²) in [5, 5.41) is 2.38. The van der Waals surface area contributed by atoms with E-state index in [0.717, 1.165) is 10.9 Å². The Balaban J connectivity index is 2.57. The van der Waals surface area contributed by atoms with E-state index in [1.165, 1.54) is 10.1 Å². The number of rotatable bonds is 0. The summed E-state index contributed by atoms with van der Waals surface area (Å²) in [5.41, 5.74) is 2.93. The van der Waals surface area contributed by atoms with Gasteiger partial charge in [0.25, 0.3) is 0 Å². The van der Waals surface area contributed by atoms with Crippen LogP contribution in [0, 0.1) is 0 Å². The molecule has 2 nitrogen and oxygen atoms in total. The molecule has 0 unspecified atom stereocenters. The minimum atomic E-state index is 1.06. The summed E-state index contributed by atoms with van der Waals surface area (Å²) < 4.78 is 1.23. The van der Waals surface area contributed by atoms with Crippen molar-refractivity contribution in [3.63, 3.8) is 0 Å². The minimum absolute atomic E-state index is 1.06. The summed E-state index contributed by atoms with van der Waals surface area (Å²) in [7, 11) is 0. The van der Waals surface area contributed by atoms with Gasteiger partial charge < -0.3 is 0 Å². The molecular weight excluding hydrogens is 180 g/mol. The Morgan fingerprint density at radius 1 is 1.15 bits per heavy atom. The number of hydrogen-bond acceptors (Lipinski definition) is 3. The highest BCUT2D eigenvalue weighted by Crippen LogP contribution is 2.23. The van der Waals surface area contributed by atoms with Gasteiger partial charge in [-0.25, -0.2) is 4.98 Å². The standard InChI is InChI=1S/C10H6N2S/c1-2-11-5-8-3-9-10(4-7(1)8)13-6-12-9/h1-6H. The van der Waals surface area contributed by atoms with Crippen LogP contribution in [0.5, 0.6) is 0 Å². The van der Waals surface area contributed by atoms with Gasteiger partial charge in [-0.2, -0.15) is 0 Å². The number of nitrogens with zero attached hydrogens (tertiary/aromatic N) is 2. The van der Waals surface area contributed by atoms with Gasteiger partial charge in [-0.1, -0.05) is 0 Å². The molecule has 0 radical (unpaired) electrons. The third-order valence-electron chi connectivity index (χ3n) is 2.09. The fraction of sp³-hybridized carbons (Fsp3) is 0. The van der Waals surface area contributed by atoms with Crippen LogP contribution in [0.15, 0.2) is 36.1 Å². The third-order valence-corrected chi connectivity index (χ3v) is 2.88. The van der Waals surface area contributed by atoms with Crippen molar-refractivity contribution in [3.8, 4) is 0 Å². The lowest BCUT2D eigenvalue weighted by molar-refractivity contribution is 1.36. The predicted octanol–water partition coefficient (Wildman–Crippen LogP) is 2.84. The van der Waals surface area contributed by atoms with Crippen LogP contribution in [0.2, 0.25) is 0 Å². The SMILES string of the molecule is c1cc2cc3scnc3cc2cn1. The molecule has 0 atom stereocenters. The zero-order valence-electron chi connectivity index (χ0n) is 6.77. The topological polar surface area (TPSA) is 25.8 Å². The first kappa shape index (κ1) is 6.97. The molecule has 13 heavy (non-hydrogen) atoms. The van der Waals surface area contributed by atoms with Crippen LogP contribution < -0.4 is 0 Å². The van der Waals surface area contributed by atoms with Crippen molar-refractivity contribution in [3.05, 3.63) is 36.1 Å². The Morgan fingerprint density at radius 3 is 3.15 bits per heavy atom. The molecule has 0 aliphatic carbocycles. The van der Waals surface area contributed by atoms with Gasteiger partial charge in [0.2, 0.25) is 0 Å². The zero-order chi connectivity index (χ0) is 8.67. The van der Waals surface area contributed by atoms with Crippen LogP contribution >= 0.6 is 11.3 Å². The maximum absolute atomic E-state index is 4.26. The highest BCUT2D eigenvalue weighted by Gasteiger charge is 1.98. The molecule has 0 aliphatic rings. The summed E-state index contributed by atoms with van der Waals surface area (Å²) in [6, 6.07) is 6.26. The summed E-state index contributed by atoms with van der Waals surface area (Å²) in [5.74, 6) is 0. The lowest BCUT2D eigenvalue weighted by Crippen LogP contribution is -1.74. The van der Waals surface area contributed by atoms with Crippen molar-refractivity contribution in [1.82, 2.24) is 9.97 Å². The molecule has 0 amide bonds. The number of hydrogen-bond donors (Lipinski definition) is 0. The molecule has 3 rings (SSSR count). The van der Waals surface area contributed by atoms with E-state index in [1.54, 1.807) is 11.3 Å². The van der Waals surface area contributed by atoms with Gasteiger partial charge in [0.15, 0.2) is 0 Å². The van der Waals surface area contributed by atoms with Crippen LogP contribution in [-0.4, -0.2) is 9.97 Å². The number of thiazole rings is 1. The summed E-state index contributed by atoms with van der Waals surface area (Å²) in [4.78, 5) is 8.34. The van der Waals surface area contributed by atoms with Gasteiger partial charge >= 0.3 is 0 Å². The van der Waals surface area contributed by atoms with Crippen LogP contribution in [0.25, 0.3) is 21.0 Å². The molecule has 0 spiro atoms. The van der Waals surface area contributed by atoms with Gasteiger partial charge in [0.1, 0.15) is 0 Å². The number of pyridine rings is 1. The van der Waals surface area contributed by atoms with E-state index >= 15 is 0 Å². The predicted molar refractivity (Wildman–Crippen MR) is 54.9 cm³/mol. The smallest absolute Gasteiger partial charge is 0.0818 e. The molecule has 0 bridgehead atoms. The average Bonchev–Trinajstić information content (AvgIpc) is 2.61. The van der Waals surface area contributed by atoms with Crippen molar-refractivity contribution < 1.29 is 0 Å². The van der Waals surface area contributed by atoms with Crippen molar-refractivity contribution in [1.29, 1.82) is 0 Å². The van der Waals surface area contributed by atoms with E-state index in [4.69, 9.17) is 0 Å². The fourth-order valence-electron chi connectivity index (χ4n) is 1.44. The second-order valence-corrected chi connectivity index (χ2v) is 3.78. The second kappa shape index (κ2) is 2.50. The van der Waals surface area contributed by atoms with E-state index < -0.39 is 0 Å². The molecule has 3 aromatic rings.